The van der Waals surface area contributed by atoms with Gasteiger partial charge in [0.1, 0.15) is 13.2 Å². The number of esters is 3. The Kier molecular flexibility index (Phi) is 42.5. The van der Waals surface area contributed by atoms with E-state index in [1.165, 1.54) is 89.9 Å². The van der Waals surface area contributed by atoms with Gasteiger partial charge in [-0.2, -0.15) is 0 Å². The predicted octanol–water partition coefficient (Wildman–Crippen LogP) is 14.9. The van der Waals surface area contributed by atoms with Crippen molar-refractivity contribution in [2.75, 3.05) is 13.2 Å². The van der Waals surface area contributed by atoms with Crippen molar-refractivity contribution in [3.8, 4) is 0 Å². The van der Waals surface area contributed by atoms with Gasteiger partial charge in [0.25, 0.3) is 0 Å². The molecule has 0 fully saturated rings. The summed E-state index contributed by atoms with van der Waals surface area (Å²) < 4.78 is 16.6. The second-order valence-corrected chi connectivity index (χ2v) is 15.3. The van der Waals surface area contributed by atoms with Crippen molar-refractivity contribution >= 4 is 17.9 Å². The second kappa shape index (κ2) is 44.8. The Bertz CT molecular complexity index is 1040. The van der Waals surface area contributed by atoms with E-state index in [1.54, 1.807) is 0 Å². The molecule has 0 N–H and O–H groups in total. The second-order valence-electron chi connectivity index (χ2n) is 15.3. The van der Waals surface area contributed by atoms with Crippen LogP contribution in [0.4, 0.5) is 0 Å². The van der Waals surface area contributed by atoms with E-state index in [9.17, 15) is 14.4 Å². The molecule has 0 aliphatic heterocycles. The highest BCUT2D eigenvalue weighted by Crippen LogP contribution is 2.13. The number of hydrogen-bond acceptors (Lipinski definition) is 6. The Morgan fingerprint density at radius 1 is 0.393 bits per heavy atom. The number of allylic oxidation sites excluding steroid dienone is 10. The first kappa shape index (κ1) is 53.1. The highest BCUT2D eigenvalue weighted by atomic mass is 16.6. The minimum atomic E-state index is -0.797. The summed E-state index contributed by atoms with van der Waals surface area (Å²) in [6.07, 6.45) is 53.5. The smallest absolute Gasteiger partial charge is 0.306 e. The molecular formula is C50H86O6. The summed E-state index contributed by atoms with van der Waals surface area (Å²) in [6, 6.07) is 0. The molecule has 0 saturated carbocycles. The van der Waals surface area contributed by atoms with Gasteiger partial charge >= 0.3 is 17.9 Å². The van der Waals surface area contributed by atoms with Crippen molar-refractivity contribution in [1.82, 2.24) is 0 Å². The van der Waals surface area contributed by atoms with Gasteiger partial charge in [0.05, 0.1) is 0 Å². The SMILES string of the molecule is CC/C=C\C/C=C\CCCCC(=O)OCC(COC(=O)CCCCCCCC/C=C\C=C/CCCCC)OC(=O)CCCCC/C=C\CCCCCCCCC. The van der Waals surface area contributed by atoms with Gasteiger partial charge in [-0.05, 0) is 96.3 Å². The summed E-state index contributed by atoms with van der Waals surface area (Å²) in [6.45, 7) is 6.41. The minimum Gasteiger partial charge on any atom is -0.462 e. The molecule has 0 aliphatic rings. The Labute approximate surface area is 345 Å². The first-order chi connectivity index (χ1) is 27.5. The number of hydrogen-bond donors (Lipinski definition) is 0. The van der Waals surface area contributed by atoms with Crippen LogP contribution >= 0.6 is 0 Å². The minimum absolute atomic E-state index is 0.0971. The topological polar surface area (TPSA) is 78.9 Å². The third kappa shape index (κ3) is 42.3. The largest absolute Gasteiger partial charge is 0.462 e. The number of carbonyl (C=O) groups excluding carboxylic acids is 3. The maximum atomic E-state index is 12.7. The van der Waals surface area contributed by atoms with Crippen LogP contribution in [0, 0.1) is 0 Å². The van der Waals surface area contributed by atoms with E-state index in [0.29, 0.717) is 19.3 Å². The normalized spacial score (nSPS) is 12.6. The molecule has 6 heteroatoms. The Morgan fingerprint density at radius 3 is 1.29 bits per heavy atom. The van der Waals surface area contributed by atoms with E-state index in [4.69, 9.17) is 14.2 Å². The van der Waals surface area contributed by atoms with Gasteiger partial charge in [-0.25, -0.2) is 0 Å². The highest BCUT2D eigenvalue weighted by Gasteiger charge is 2.19. The van der Waals surface area contributed by atoms with Gasteiger partial charge < -0.3 is 14.2 Å². The zero-order valence-corrected chi connectivity index (χ0v) is 36.6. The van der Waals surface area contributed by atoms with Crippen LogP contribution in [-0.4, -0.2) is 37.2 Å². The van der Waals surface area contributed by atoms with Crippen LogP contribution in [-0.2, 0) is 28.6 Å². The van der Waals surface area contributed by atoms with Crippen LogP contribution in [0.15, 0.2) is 60.8 Å². The molecule has 1 atom stereocenters. The number of rotatable bonds is 41. The summed E-state index contributed by atoms with van der Waals surface area (Å²) >= 11 is 0. The van der Waals surface area contributed by atoms with Crippen LogP contribution in [0.5, 0.6) is 0 Å². The lowest BCUT2D eigenvalue weighted by molar-refractivity contribution is -0.167. The molecule has 0 bridgehead atoms. The zero-order valence-electron chi connectivity index (χ0n) is 36.6. The summed E-state index contributed by atoms with van der Waals surface area (Å²) in [4.78, 5) is 37.7. The molecule has 0 rings (SSSR count). The molecule has 0 aromatic heterocycles. The summed E-state index contributed by atoms with van der Waals surface area (Å²) in [5.41, 5.74) is 0. The molecular weight excluding hydrogens is 697 g/mol. The van der Waals surface area contributed by atoms with Crippen LogP contribution in [0.2, 0.25) is 0 Å². The lowest BCUT2D eigenvalue weighted by Gasteiger charge is -2.18. The van der Waals surface area contributed by atoms with E-state index in [2.05, 4.69) is 81.5 Å². The molecule has 0 amide bonds. The molecule has 0 spiro atoms. The van der Waals surface area contributed by atoms with Crippen LogP contribution in [0.25, 0.3) is 0 Å². The van der Waals surface area contributed by atoms with Crippen LogP contribution in [0.3, 0.4) is 0 Å². The average Bonchev–Trinajstić information content (AvgIpc) is 3.19. The van der Waals surface area contributed by atoms with Crippen molar-refractivity contribution in [1.29, 1.82) is 0 Å². The van der Waals surface area contributed by atoms with E-state index in [0.717, 1.165) is 89.9 Å². The first-order valence-electron chi connectivity index (χ1n) is 23.3. The molecule has 0 aromatic rings. The quantitative estimate of drug-likeness (QED) is 0.0202. The monoisotopic (exact) mass is 783 g/mol. The van der Waals surface area contributed by atoms with Gasteiger partial charge in [0.15, 0.2) is 6.10 Å². The molecule has 6 nitrogen and oxygen atoms in total. The van der Waals surface area contributed by atoms with E-state index in [-0.39, 0.29) is 31.1 Å². The molecule has 56 heavy (non-hydrogen) atoms. The summed E-state index contributed by atoms with van der Waals surface area (Å²) in [7, 11) is 0. The number of ether oxygens (including phenoxy) is 3. The maximum Gasteiger partial charge on any atom is 0.306 e. The fourth-order valence-electron chi connectivity index (χ4n) is 6.23. The van der Waals surface area contributed by atoms with Crippen LogP contribution in [0.1, 0.15) is 220 Å². The van der Waals surface area contributed by atoms with E-state index < -0.39 is 6.10 Å². The molecule has 0 aliphatic carbocycles. The lowest BCUT2D eigenvalue weighted by atomic mass is 10.1. The van der Waals surface area contributed by atoms with Crippen molar-refractivity contribution in [3.05, 3.63) is 60.8 Å². The zero-order chi connectivity index (χ0) is 40.8. The van der Waals surface area contributed by atoms with Gasteiger partial charge in [0, 0.05) is 19.3 Å². The average molecular weight is 783 g/mol. The molecule has 322 valence electrons. The van der Waals surface area contributed by atoms with Gasteiger partial charge in [0.2, 0.25) is 0 Å². The number of carbonyl (C=O) groups is 3. The van der Waals surface area contributed by atoms with Gasteiger partial charge in [-0.3, -0.25) is 14.4 Å². The molecule has 0 aromatic carbocycles. The highest BCUT2D eigenvalue weighted by molar-refractivity contribution is 5.71. The molecule has 0 saturated heterocycles. The Balaban J connectivity index is 4.42. The maximum absolute atomic E-state index is 12.7. The third-order valence-corrected chi connectivity index (χ3v) is 9.75. The standard InChI is InChI=1S/C50H86O6/c1-4-7-10-13-16-19-21-23-25-27-28-31-34-37-40-43-49(52)55-46-47(45-54-48(51)42-39-36-33-30-18-15-12-9-6-3)56-50(53)44-41-38-35-32-29-26-24-22-20-17-14-11-8-5-2/h9,12,16,18-19,21,23,26,29-30,47H,4-8,10-11,13-15,17,20,22,24-25,27-28,31-46H2,1-3H3/b12-9-,19-16-,23-21-,29-26-,30-18-. The fourth-order valence-corrected chi connectivity index (χ4v) is 6.23. The van der Waals surface area contributed by atoms with Crippen molar-refractivity contribution in [3.63, 3.8) is 0 Å². The summed E-state index contributed by atoms with van der Waals surface area (Å²) in [5.74, 6) is -0.965. The van der Waals surface area contributed by atoms with Gasteiger partial charge in [-0.15, -0.1) is 0 Å². The van der Waals surface area contributed by atoms with Gasteiger partial charge in [-0.1, -0.05) is 165 Å². The third-order valence-electron chi connectivity index (χ3n) is 9.75. The van der Waals surface area contributed by atoms with E-state index >= 15 is 0 Å². The first-order valence-corrected chi connectivity index (χ1v) is 23.3. The van der Waals surface area contributed by atoms with Crippen molar-refractivity contribution in [2.24, 2.45) is 0 Å². The van der Waals surface area contributed by atoms with E-state index in [1.807, 2.05) is 0 Å². The summed E-state index contributed by atoms with van der Waals surface area (Å²) in [5, 5.41) is 0. The molecule has 0 radical (unpaired) electrons. The predicted molar refractivity (Wildman–Crippen MR) is 238 cm³/mol. The Morgan fingerprint density at radius 2 is 0.750 bits per heavy atom. The number of unbranched alkanes of at least 4 members (excludes halogenated alkanes) is 21. The Hall–Kier alpha value is -2.89. The van der Waals surface area contributed by atoms with Crippen molar-refractivity contribution in [2.45, 2.75) is 226 Å². The fraction of sp³-hybridized carbons (Fsp3) is 0.740. The molecule has 1 unspecified atom stereocenters. The van der Waals surface area contributed by atoms with Crippen molar-refractivity contribution < 1.29 is 28.6 Å². The van der Waals surface area contributed by atoms with Crippen LogP contribution < -0.4 is 0 Å². The molecule has 0 heterocycles. The lowest BCUT2D eigenvalue weighted by Crippen LogP contribution is -2.30.